The monoisotopic (exact) mass is 382 g/mol. The number of nitrogens with one attached hydrogen (secondary N) is 1. The molecule has 1 atom stereocenters. The Kier molecular flexibility index (Phi) is 5.10. The Morgan fingerprint density at radius 3 is 2.79 bits per heavy atom. The lowest BCUT2D eigenvalue weighted by Gasteiger charge is -2.13. The molecule has 0 aliphatic heterocycles. The first kappa shape index (κ1) is 18.2. The third kappa shape index (κ3) is 4.57. The Balaban J connectivity index is 1.43. The molecule has 8 heteroatoms. The highest BCUT2D eigenvalue weighted by molar-refractivity contribution is 5.77. The van der Waals surface area contributed by atoms with Gasteiger partial charge < -0.3 is 19.2 Å². The van der Waals surface area contributed by atoms with E-state index in [9.17, 15) is 4.79 Å². The van der Waals surface area contributed by atoms with Crippen molar-refractivity contribution >= 4 is 17.0 Å². The van der Waals surface area contributed by atoms with Crippen LogP contribution in [-0.2, 0) is 4.79 Å². The summed E-state index contributed by atoms with van der Waals surface area (Å²) < 4.78 is 17.1. The first-order chi connectivity index (χ1) is 13.6. The summed E-state index contributed by atoms with van der Waals surface area (Å²) in [5, 5.41) is 2.77. The van der Waals surface area contributed by atoms with E-state index in [2.05, 4.69) is 20.3 Å². The van der Waals surface area contributed by atoms with Crippen LogP contribution in [0, 0.1) is 5.92 Å². The van der Waals surface area contributed by atoms with Gasteiger partial charge in [-0.25, -0.2) is 15.0 Å². The molecule has 1 aliphatic carbocycles. The Morgan fingerprint density at radius 2 is 2.07 bits per heavy atom. The van der Waals surface area contributed by atoms with Gasteiger partial charge in [-0.15, -0.1) is 0 Å². The maximum absolute atomic E-state index is 11.1. The number of nitrogens with zero attached hydrogens (tertiary/aromatic N) is 3. The molecule has 2 aromatic heterocycles. The second kappa shape index (κ2) is 7.84. The van der Waals surface area contributed by atoms with E-state index in [1.165, 1.54) is 19.8 Å². The second-order valence-corrected chi connectivity index (χ2v) is 7.07. The van der Waals surface area contributed by atoms with Crippen molar-refractivity contribution in [1.29, 1.82) is 0 Å². The fourth-order valence-corrected chi connectivity index (χ4v) is 2.71. The molecule has 146 valence electrons. The van der Waals surface area contributed by atoms with Crippen LogP contribution in [0.25, 0.3) is 22.6 Å². The molecule has 1 saturated carbocycles. The van der Waals surface area contributed by atoms with Crippen molar-refractivity contribution in [3.63, 3.8) is 0 Å². The molecule has 2 heterocycles. The highest BCUT2D eigenvalue weighted by atomic mass is 16.5. The minimum atomic E-state index is -0.0868. The Morgan fingerprint density at radius 1 is 1.29 bits per heavy atom. The first-order valence-corrected chi connectivity index (χ1v) is 9.32. The molecule has 0 radical (unpaired) electrons. The van der Waals surface area contributed by atoms with Crippen molar-refractivity contribution in [3.8, 4) is 23.2 Å². The number of amides is 1. The smallest absolute Gasteiger partial charge is 0.316 e. The average molecular weight is 382 g/mol. The third-order valence-corrected chi connectivity index (χ3v) is 4.33. The maximum Gasteiger partial charge on any atom is 0.316 e. The standard InChI is InChI=1S/C20H22N4O4/c1-12(23-13(2)25)10-26-16-5-6-17-18(7-16)28-19(24-17)15-8-21-20(22-9-15)27-11-14-3-4-14/h5-9,12,14H,3-4,10-11H2,1-2H3,(H,23,25)/t12-/m0/s1. The molecule has 1 aromatic carbocycles. The summed E-state index contributed by atoms with van der Waals surface area (Å²) >= 11 is 0. The summed E-state index contributed by atoms with van der Waals surface area (Å²) in [7, 11) is 0. The molecular formula is C20H22N4O4. The zero-order chi connectivity index (χ0) is 19.5. The van der Waals surface area contributed by atoms with Crippen LogP contribution in [0.1, 0.15) is 26.7 Å². The van der Waals surface area contributed by atoms with E-state index >= 15 is 0 Å². The van der Waals surface area contributed by atoms with Crippen molar-refractivity contribution in [2.24, 2.45) is 5.92 Å². The zero-order valence-corrected chi connectivity index (χ0v) is 15.8. The highest BCUT2D eigenvalue weighted by Gasteiger charge is 2.22. The second-order valence-electron chi connectivity index (χ2n) is 7.07. The van der Waals surface area contributed by atoms with Crippen molar-refractivity contribution in [1.82, 2.24) is 20.3 Å². The van der Waals surface area contributed by atoms with Gasteiger partial charge in [-0.1, -0.05) is 0 Å². The molecule has 1 fully saturated rings. The highest BCUT2D eigenvalue weighted by Crippen LogP contribution is 2.29. The van der Waals surface area contributed by atoms with Gasteiger partial charge >= 0.3 is 6.01 Å². The quantitative estimate of drug-likeness (QED) is 0.639. The van der Waals surface area contributed by atoms with E-state index in [0.717, 1.165) is 0 Å². The number of rotatable bonds is 8. The van der Waals surface area contributed by atoms with Gasteiger partial charge in [-0.2, -0.15) is 0 Å². The molecular weight excluding hydrogens is 360 g/mol. The molecule has 4 rings (SSSR count). The predicted octanol–water partition coefficient (Wildman–Crippen LogP) is 2.98. The molecule has 0 bridgehead atoms. The number of hydrogen-bond donors (Lipinski definition) is 1. The van der Waals surface area contributed by atoms with Crippen molar-refractivity contribution in [2.75, 3.05) is 13.2 Å². The lowest BCUT2D eigenvalue weighted by Crippen LogP contribution is -2.35. The fraction of sp³-hybridized carbons (Fsp3) is 0.400. The molecule has 0 unspecified atom stereocenters. The SMILES string of the molecule is CC(=O)N[C@@H](C)COc1ccc2nc(-c3cnc(OCC4CC4)nc3)oc2c1. The molecule has 0 saturated heterocycles. The molecule has 8 nitrogen and oxygen atoms in total. The van der Waals surface area contributed by atoms with E-state index in [1.807, 2.05) is 19.1 Å². The summed E-state index contributed by atoms with van der Waals surface area (Å²) in [6.07, 6.45) is 5.73. The molecule has 0 spiro atoms. The number of aromatic nitrogens is 3. The number of ether oxygens (including phenoxy) is 2. The predicted molar refractivity (Wildman–Crippen MR) is 102 cm³/mol. The van der Waals surface area contributed by atoms with Gasteiger partial charge in [0.05, 0.1) is 18.2 Å². The number of carbonyl (C=O) groups is 1. The zero-order valence-electron chi connectivity index (χ0n) is 15.8. The van der Waals surface area contributed by atoms with Crippen LogP contribution in [0.2, 0.25) is 0 Å². The number of benzene rings is 1. The van der Waals surface area contributed by atoms with Gasteiger partial charge in [0, 0.05) is 25.4 Å². The summed E-state index contributed by atoms with van der Waals surface area (Å²) in [6, 6.07) is 5.71. The molecule has 28 heavy (non-hydrogen) atoms. The largest absolute Gasteiger partial charge is 0.491 e. The molecule has 1 amide bonds. The van der Waals surface area contributed by atoms with Crippen LogP contribution >= 0.6 is 0 Å². The topological polar surface area (TPSA) is 99.4 Å². The van der Waals surface area contributed by atoms with Crippen molar-refractivity contribution < 1.29 is 18.7 Å². The van der Waals surface area contributed by atoms with Crippen LogP contribution in [-0.4, -0.2) is 40.1 Å². The van der Waals surface area contributed by atoms with Gasteiger partial charge in [-0.05, 0) is 37.8 Å². The van der Waals surface area contributed by atoms with Gasteiger partial charge in [0.1, 0.15) is 17.9 Å². The molecule has 1 aliphatic rings. The van der Waals surface area contributed by atoms with Crippen molar-refractivity contribution in [3.05, 3.63) is 30.6 Å². The lowest BCUT2D eigenvalue weighted by molar-refractivity contribution is -0.119. The Bertz CT molecular complexity index is 966. The van der Waals surface area contributed by atoms with Gasteiger partial charge in [-0.3, -0.25) is 4.79 Å². The first-order valence-electron chi connectivity index (χ1n) is 9.32. The van der Waals surface area contributed by atoms with E-state index in [1.54, 1.807) is 18.5 Å². The average Bonchev–Trinajstić information content (AvgIpc) is 3.41. The Labute approximate surface area is 162 Å². The van der Waals surface area contributed by atoms with Crippen LogP contribution in [0.5, 0.6) is 11.8 Å². The number of oxazole rings is 1. The summed E-state index contributed by atoms with van der Waals surface area (Å²) in [5.74, 6) is 1.65. The van der Waals surface area contributed by atoms with Crippen LogP contribution < -0.4 is 14.8 Å². The van der Waals surface area contributed by atoms with Crippen LogP contribution in [0.3, 0.4) is 0 Å². The summed E-state index contributed by atoms with van der Waals surface area (Å²) in [6.45, 7) is 4.40. The minimum Gasteiger partial charge on any atom is -0.491 e. The number of hydrogen-bond acceptors (Lipinski definition) is 7. The van der Waals surface area contributed by atoms with E-state index in [4.69, 9.17) is 13.9 Å². The van der Waals surface area contributed by atoms with Crippen LogP contribution in [0.4, 0.5) is 0 Å². The lowest BCUT2D eigenvalue weighted by atomic mass is 10.3. The number of fused-ring (bicyclic) bond motifs is 1. The van der Waals surface area contributed by atoms with Gasteiger partial charge in [0.25, 0.3) is 0 Å². The van der Waals surface area contributed by atoms with Gasteiger partial charge in [0.2, 0.25) is 11.8 Å². The summed E-state index contributed by atoms with van der Waals surface area (Å²) in [5.41, 5.74) is 2.00. The van der Waals surface area contributed by atoms with E-state index < -0.39 is 0 Å². The van der Waals surface area contributed by atoms with Crippen molar-refractivity contribution in [2.45, 2.75) is 32.7 Å². The summed E-state index contributed by atoms with van der Waals surface area (Å²) in [4.78, 5) is 24.0. The normalized spacial score (nSPS) is 14.6. The fourth-order valence-electron chi connectivity index (χ4n) is 2.71. The number of carbonyl (C=O) groups excluding carboxylic acids is 1. The van der Waals surface area contributed by atoms with E-state index in [-0.39, 0.29) is 11.9 Å². The third-order valence-electron chi connectivity index (χ3n) is 4.33. The molecule has 3 aromatic rings. The maximum atomic E-state index is 11.1. The Hall–Kier alpha value is -3.16. The molecule has 1 N–H and O–H groups in total. The van der Waals surface area contributed by atoms with Crippen LogP contribution in [0.15, 0.2) is 35.0 Å². The minimum absolute atomic E-state index is 0.0856. The van der Waals surface area contributed by atoms with Gasteiger partial charge in [0.15, 0.2) is 5.58 Å². The van der Waals surface area contributed by atoms with E-state index in [0.29, 0.717) is 53.4 Å².